The van der Waals surface area contributed by atoms with Crippen LogP contribution in [0.3, 0.4) is 0 Å². The Bertz CT molecular complexity index is 758. The van der Waals surface area contributed by atoms with Gasteiger partial charge in [-0.05, 0) is 19.4 Å². The van der Waals surface area contributed by atoms with Crippen LogP contribution in [-0.2, 0) is 0 Å². The Morgan fingerprint density at radius 2 is 2.33 bits per heavy atom. The van der Waals surface area contributed by atoms with E-state index in [2.05, 4.69) is 20.4 Å². The summed E-state index contributed by atoms with van der Waals surface area (Å²) in [4.78, 5) is 8.14. The van der Waals surface area contributed by atoms with Gasteiger partial charge < -0.3 is 16.8 Å². The zero-order chi connectivity index (χ0) is 15.4. The maximum atomic E-state index is 9.02. The molecule has 2 aromatic rings. The highest BCUT2D eigenvalue weighted by Gasteiger charge is 2.10. The molecule has 0 fully saturated rings. The highest BCUT2D eigenvalue weighted by atomic mass is 15.3. The number of anilines is 2. The molecule has 0 aliphatic carbocycles. The van der Waals surface area contributed by atoms with Crippen molar-refractivity contribution >= 4 is 17.4 Å². The van der Waals surface area contributed by atoms with E-state index in [1.54, 1.807) is 13.0 Å². The predicted octanol–water partition coefficient (Wildman–Crippen LogP) is 1.15. The lowest BCUT2D eigenvalue weighted by atomic mass is 10.3. The quantitative estimate of drug-likeness (QED) is 0.717. The van der Waals surface area contributed by atoms with Crippen LogP contribution in [-0.4, -0.2) is 19.6 Å². The van der Waals surface area contributed by atoms with Gasteiger partial charge in [-0.3, -0.25) is 0 Å². The van der Waals surface area contributed by atoms with Crippen LogP contribution >= 0.6 is 0 Å². The van der Waals surface area contributed by atoms with Gasteiger partial charge in [-0.15, -0.1) is 5.10 Å². The minimum Gasteiger partial charge on any atom is -0.402 e. The fourth-order valence-electron chi connectivity index (χ4n) is 1.77. The van der Waals surface area contributed by atoms with Crippen molar-refractivity contribution in [2.75, 3.05) is 11.1 Å². The third kappa shape index (κ3) is 3.09. The molecule has 0 aliphatic rings. The molecule has 0 atom stereocenters. The van der Waals surface area contributed by atoms with Gasteiger partial charge in [-0.1, -0.05) is 13.0 Å². The summed E-state index contributed by atoms with van der Waals surface area (Å²) in [6.45, 7) is 3.79. The van der Waals surface area contributed by atoms with E-state index in [0.29, 0.717) is 11.3 Å². The van der Waals surface area contributed by atoms with Crippen LogP contribution in [0.4, 0.5) is 11.8 Å². The second-order valence-electron chi connectivity index (χ2n) is 4.39. The fraction of sp³-hybridized carbons (Fsp3) is 0.231. The van der Waals surface area contributed by atoms with E-state index < -0.39 is 0 Å². The molecule has 5 N–H and O–H groups in total. The maximum absolute atomic E-state index is 9.02. The van der Waals surface area contributed by atoms with Crippen LogP contribution in [0.25, 0.3) is 5.65 Å². The Labute approximate surface area is 121 Å². The zero-order valence-electron chi connectivity index (χ0n) is 11.8. The van der Waals surface area contributed by atoms with E-state index in [1.165, 1.54) is 10.7 Å². The number of fused-ring (bicyclic) bond motifs is 1. The van der Waals surface area contributed by atoms with Crippen molar-refractivity contribution in [3.63, 3.8) is 0 Å². The molecule has 0 aromatic carbocycles. The second-order valence-corrected chi connectivity index (χ2v) is 4.39. The molecule has 0 spiro atoms. The number of hydrogen-bond acceptors (Lipinski definition) is 7. The Hall–Kier alpha value is -3.08. The standard InChI is InChI=1S/C13H16N8/c1-3-4-9(5-8(2)15)18-13-19-11(16)12-17-7-10(6-14)21(12)20-13/h4-5,7H,3,15H2,1-2H3,(H3,16,18,19,20)/b8-5+,9-4+. The van der Waals surface area contributed by atoms with Gasteiger partial charge >= 0.3 is 0 Å². The van der Waals surface area contributed by atoms with Crippen molar-refractivity contribution in [3.05, 3.63) is 35.4 Å². The molecule has 8 nitrogen and oxygen atoms in total. The number of nitrogens with zero attached hydrogens (tertiary/aromatic N) is 5. The molecule has 108 valence electrons. The minimum atomic E-state index is 0.193. The number of hydrogen-bond donors (Lipinski definition) is 3. The molecule has 0 aliphatic heterocycles. The lowest BCUT2D eigenvalue weighted by Crippen LogP contribution is -2.10. The van der Waals surface area contributed by atoms with Gasteiger partial charge in [0.2, 0.25) is 5.95 Å². The lowest BCUT2D eigenvalue weighted by Gasteiger charge is -2.08. The summed E-state index contributed by atoms with van der Waals surface area (Å²) in [6, 6.07) is 2.00. The molecule has 8 heteroatoms. The molecule has 2 aromatic heterocycles. The van der Waals surface area contributed by atoms with Crippen LogP contribution in [0.5, 0.6) is 0 Å². The van der Waals surface area contributed by atoms with E-state index >= 15 is 0 Å². The summed E-state index contributed by atoms with van der Waals surface area (Å²) < 4.78 is 1.35. The van der Waals surface area contributed by atoms with Gasteiger partial charge in [0.05, 0.1) is 6.20 Å². The van der Waals surface area contributed by atoms with E-state index in [-0.39, 0.29) is 17.5 Å². The summed E-state index contributed by atoms with van der Waals surface area (Å²) in [5, 5.41) is 16.3. The molecule has 0 amide bonds. The maximum Gasteiger partial charge on any atom is 0.247 e. The Balaban J connectivity index is 2.45. The van der Waals surface area contributed by atoms with Gasteiger partial charge in [0.1, 0.15) is 6.07 Å². The lowest BCUT2D eigenvalue weighted by molar-refractivity contribution is 0.895. The van der Waals surface area contributed by atoms with Gasteiger partial charge in [-0.2, -0.15) is 14.8 Å². The average Bonchev–Trinajstić information content (AvgIpc) is 2.81. The Morgan fingerprint density at radius 1 is 1.57 bits per heavy atom. The van der Waals surface area contributed by atoms with E-state index in [0.717, 1.165) is 12.1 Å². The monoisotopic (exact) mass is 284 g/mol. The first-order chi connectivity index (χ1) is 10.0. The number of nitrogens with two attached hydrogens (primary N) is 2. The first kappa shape index (κ1) is 14.3. The van der Waals surface area contributed by atoms with Crippen molar-refractivity contribution in [2.24, 2.45) is 5.73 Å². The normalized spacial score (nSPS) is 12.4. The molecule has 0 bridgehead atoms. The van der Waals surface area contributed by atoms with Crippen molar-refractivity contribution in [1.29, 1.82) is 5.26 Å². The first-order valence-electron chi connectivity index (χ1n) is 6.37. The predicted molar refractivity (Wildman–Crippen MR) is 79.9 cm³/mol. The van der Waals surface area contributed by atoms with Crippen LogP contribution < -0.4 is 16.8 Å². The highest BCUT2D eigenvalue weighted by molar-refractivity contribution is 5.62. The summed E-state index contributed by atoms with van der Waals surface area (Å²) >= 11 is 0. The van der Waals surface area contributed by atoms with Gasteiger partial charge in [0, 0.05) is 11.4 Å². The topological polar surface area (TPSA) is 131 Å². The number of rotatable bonds is 4. The summed E-state index contributed by atoms with van der Waals surface area (Å²) in [7, 11) is 0. The van der Waals surface area contributed by atoms with E-state index in [1.807, 2.05) is 19.1 Å². The largest absolute Gasteiger partial charge is 0.402 e. The number of nitriles is 1. The molecule has 0 saturated carbocycles. The number of allylic oxidation sites excluding steroid dienone is 3. The fourth-order valence-corrected chi connectivity index (χ4v) is 1.77. The molecular formula is C13H16N8. The van der Waals surface area contributed by atoms with Crippen molar-refractivity contribution in [1.82, 2.24) is 19.6 Å². The SMILES string of the molecule is CC/C=C(\C=C(/C)N)Nc1nc(N)c2ncc(C#N)n2n1. The molecule has 21 heavy (non-hydrogen) atoms. The molecule has 2 heterocycles. The van der Waals surface area contributed by atoms with Crippen molar-refractivity contribution in [2.45, 2.75) is 20.3 Å². The van der Waals surface area contributed by atoms with Crippen molar-refractivity contribution < 1.29 is 0 Å². The van der Waals surface area contributed by atoms with Crippen LogP contribution in [0.2, 0.25) is 0 Å². The third-order valence-electron chi connectivity index (χ3n) is 2.57. The van der Waals surface area contributed by atoms with Crippen LogP contribution in [0.1, 0.15) is 26.0 Å². The summed E-state index contributed by atoms with van der Waals surface area (Å²) in [5.41, 5.74) is 13.6. The number of nitrogens with one attached hydrogen (secondary N) is 1. The molecule has 0 radical (unpaired) electrons. The van der Waals surface area contributed by atoms with Gasteiger partial charge in [0.25, 0.3) is 0 Å². The molecule has 0 unspecified atom stereocenters. The number of nitrogen functional groups attached to an aromatic ring is 1. The smallest absolute Gasteiger partial charge is 0.247 e. The summed E-state index contributed by atoms with van der Waals surface area (Å²) in [6.07, 6.45) is 5.93. The average molecular weight is 284 g/mol. The van der Waals surface area contributed by atoms with Gasteiger partial charge in [0.15, 0.2) is 17.2 Å². The van der Waals surface area contributed by atoms with E-state index in [9.17, 15) is 0 Å². The minimum absolute atomic E-state index is 0.193. The molecule has 2 rings (SSSR count). The number of imidazole rings is 1. The van der Waals surface area contributed by atoms with Crippen LogP contribution in [0, 0.1) is 11.3 Å². The molecular weight excluding hydrogens is 268 g/mol. The summed E-state index contributed by atoms with van der Waals surface area (Å²) in [5.74, 6) is 0.463. The second kappa shape index (κ2) is 5.92. The zero-order valence-corrected chi connectivity index (χ0v) is 11.8. The van der Waals surface area contributed by atoms with Crippen LogP contribution in [0.15, 0.2) is 29.7 Å². The third-order valence-corrected chi connectivity index (χ3v) is 2.57. The van der Waals surface area contributed by atoms with Gasteiger partial charge in [-0.25, -0.2) is 4.98 Å². The highest BCUT2D eigenvalue weighted by Crippen LogP contribution is 2.14. The molecule has 0 saturated heterocycles. The number of aromatic nitrogens is 4. The Kier molecular flexibility index (Phi) is 4.04. The van der Waals surface area contributed by atoms with Crippen molar-refractivity contribution in [3.8, 4) is 6.07 Å². The van der Waals surface area contributed by atoms with E-state index in [4.69, 9.17) is 16.7 Å². The Morgan fingerprint density at radius 3 is 2.95 bits per heavy atom. The first-order valence-corrected chi connectivity index (χ1v) is 6.37.